The highest BCUT2D eigenvalue weighted by atomic mass is 35.5. The Bertz CT molecular complexity index is 769. The minimum Gasteiger partial charge on any atom is -0.325 e. The molecule has 0 N–H and O–H groups in total. The maximum Gasteiger partial charge on any atom is 0.147 e. The maximum absolute atomic E-state index is 6.21. The summed E-state index contributed by atoms with van der Waals surface area (Å²) in [6.07, 6.45) is 5.22. The summed E-state index contributed by atoms with van der Waals surface area (Å²) in [6, 6.07) is 9.17. The molecule has 2 heterocycles. The second kappa shape index (κ2) is 6.06. The van der Waals surface area contributed by atoms with Gasteiger partial charge in [0.05, 0.1) is 6.54 Å². The van der Waals surface area contributed by atoms with Crippen LogP contribution in [0.1, 0.15) is 5.56 Å². The van der Waals surface area contributed by atoms with E-state index in [2.05, 4.69) is 9.97 Å². The van der Waals surface area contributed by atoms with Gasteiger partial charge in [0, 0.05) is 34.2 Å². The molecule has 0 fully saturated rings. The smallest absolute Gasteiger partial charge is 0.147 e. The third-order valence-corrected chi connectivity index (χ3v) is 3.80. The highest BCUT2D eigenvalue weighted by molar-refractivity contribution is 6.33. The van der Waals surface area contributed by atoms with Crippen LogP contribution in [0.5, 0.6) is 0 Å². The van der Waals surface area contributed by atoms with E-state index in [-0.39, 0.29) is 0 Å². The van der Waals surface area contributed by atoms with E-state index in [0.717, 1.165) is 17.0 Å². The fourth-order valence-corrected chi connectivity index (χ4v) is 2.65. The van der Waals surface area contributed by atoms with Crippen molar-refractivity contribution in [2.75, 3.05) is 0 Å². The van der Waals surface area contributed by atoms with Crippen LogP contribution in [-0.4, -0.2) is 14.5 Å². The minimum atomic E-state index is 0.423. The zero-order valence-electron chi connectivity index (χ0n) is 10.8. The van der Waals surface area contributed by atoms with E-state index in [1.54, 1.807) is 30.7 Å². The topological polar surface area (TPSA) is 30.7 Å². The fraction of sp³-hybridized carbons (Fsp3) is 0.0667. The third kappa shape index (κ3) is 3.21. The second-order valence-electron chi connectivity index (χ2n) is 4.49. The summed E-state index contributed by atoms with van der Waals surface area (Å²) in [6.45, 7) is 0.531. The normalized spacial score (nSPS) is 10.8. The number of halogens is 3. The predicted octanol–water partition coefficient (Wildman–Crippen LogP) is 4.95. The Kier molecular flexibility index (Phi) is 4.15. The molecule has 21 heavy (non-hydrogen) atoms. The number of imidazole rings is 1. The van der Waals surface area contributed by atoms with Crippen LogP contribution >= 0.6 is 34.8 Å². The Balaban J connectivity index is 2.02. The molecule has 2 aromatic heterocycles. The van der Waals surface area contributed by atoms with Gasteiger partial charge in [0.2, 0.25) is 0 Å². The molecule has 0 bridgehead atoms. The Morgan fingerprint density at radius 2 is 1.95 bits per heavy atom. The van der Waals surface area contributed by atoms with Crippen molar-refractivity contribution in [2.45, 2.75) is 6.54 Å². The number of rotatable bonds is 3. The van der Waals surface area contributed by atoms with Crippen LogP contribution in [-0.2, 0) is 6.54 Å². The Morgan fingerprint density at radius 3 is 2.71 bits per heavy atom. The quantitative estimate of drug-likeness (QED) is 0.676. The van der Waals surface area contributed by atoms with Gasteiger partial charge in [-0.1, -0.05) is 34.8 Å². The first-order chi connectivity index (χ1) is 10.1. The first-order valence-electron chi connectivity index (χ1n) is 6.20. The molecule has 0 amide bonds. The van der Waals surface area contributed by atoms with Gasteiger partial charge in [-0.3, -0.25) is 4.98 Å². The van der Waals surface area contributed by atoms with Crippen molar-refractivity contribution in [3.63, 3.8) is 0 Å². The average Bonchev–Trinajstić information content (AvgIpc) is 2.85. The van der Waals surface area contributed by atoms with E-state index >= 15 is 0 Å². The van der Waals surface area contributed by atoms with E-state index in [0.29, 0.717) is 21.7 Å². The second-order valence-corrected chi connectivity index (χ2v) is 5.72. The molecule has 0 unspecified atom stereocenters. The molecule has 0 aliphatic carbocycles. The van der Waals surface area contributed by atoms with E-state index in [1.807, 2.05) is 22.8 Å². The van der Waals surface area contributed by atoms with Gasteiger partial charge in [-0.2, -0.15) is 0 Å². The lowest BCUT2D eigenvalue weighted by atomic mass is 10.2. The monoisotopic (exact) mass is 337 g/mol. The number of benzene rings is 1. The molecule has 0 spiro atoms. The van der Waals surface area contributed by atoms with Gasteiger partial charge in [-0.15, -0.1) is 0 Å². The summed E-state index contributed by atoms with van der Waals surface area (Å²) >= 11 is 18.3. The van der Waals surface area contributed by atoms with Crippen molar-refractivity contribution in [2.24, 2.45) is 0 Å². The van der Waals surface area contributed by atoms with Crippen LogP contribution in [0.4, 0.5) is 0 Å². The fourth-order valence-electron chi connectivity index (χ4n) is 2.08. The van der Waals surface area contributed by atoms with Crippen LogP contribution in [0, 0.1) is 0 Å². The maximum atomic E-state index is 6.21. The van der Waals surface area contributed by atoms with Crippen LogP contribution in [0.25, 0.3) is 11.4 Å². The number of aromatic nitrogens is 3. The molecule has 0 atom stereocenters. The van der Waals surface area contributed by atoms with E-state index in [4.69, 9.17) is 34.8 Å². The standard InChI is InChI=1S/C15H10Cl3N3/c16-12-3-4-13(17)11(6-12)8-21-9-14(18)20-15(21)10-2-1-5-19-7-10/h1-7,9H,8H2. The molecule has 3 nitrogen and oxygen atoms in total. The molecule has 6 heteroatoms. The number of pyridine rings is 1. The van der Waals surface area contributed by atoms with Gasteiger partial charge in [0.15, 0.2) is 0 Å². The van der Waals surface area contributed by atoms with Crippen molar-refractivity contribution in [3.8, 4) is 11.4 Å². The molecule has 0 aliphatic heterocycles. The summed E-state index contributed by atoms with van der Waals surface area (Å²) in [5.41, 5.74) is 1.80. The Hall–Kier alpha value is -1.55. The first-order valence-corrected chi connectivity index (χ1v) is 7.34. The summed E-state index contributed by atoms with van der Waals surface area (Å²) in [5.74, 6) is 0.740. The Morgan fingerprint density at radius 1 is 1.10 bits per heavy atom. The SMILES string of the molecule is Clc1ccc(Cl)c(Cn2cc(Cl)nc2-c2cccnc2)c1. The van der Waals surface area contributed by atoms with Crippen molar-refractivity contribution in [1.29, 1.82) is 0 Å². The molecule has 0 saturated carbocycles. The molecule has 3 aromatic rings. The molecule has 0 saturated heterocycles. The average molecular weight is 339 g/mol. The lowest BCUT2D eigenvalue weighted by Crippen LogP contribution is -2.02. The summed E-state index contributed by atoms with van der Waals surface area (Å²) in [5, 5.41) is 1.72. The minimum absolute atomic E-state index is 0.423. The zero-order chi connectivity index (χ0) is 14.8. The van der Waals surface area contributed by atoms with Gasteiger partial charge >= 0.3 is 0 Å². The van der Waals surface area contributed by atoms with Crippen molar-refractivity contribution >= 4 is 34.8 Å². The first kappa shape index (κ1) is 14.4. The van der Waals surface area contributed by atoms with Crippen molar-refractivity contribution in [1.82, 2.24) is 14.5 Å². The van der Waals surface area contributed by atoms with E-state index < -0.39 is 0 Å². The van der Waals surface area contributed by atoms with E-state index in [9.17, 15) is 0 Å². The predicted molar refractivity (Wildman–Crippen MR) is 86.0 cm³/mol. The van der Waals surface area contributed by atoms with Gasteiger partial charge in [-0.25, -0.2) is 4.98 Å². The van der Waals surface area contributed by atoms with Gasteiger partial charge in [0.25, 0.3) is 0 Å². The van der Waals surface area contributed by atoms with Gasteiger partial charge in [-0.05, 0) is 35.9 Å². The van der Waals surface area contributed by atoms with E-state index in [1.165, 1.54) is 0 Å². The number of hydrogen-bond donors (Lipinski definition) is 0. The highest BCUT2D eigenvalue weighted by Gasteiger charge is 2.11. The third-order valence-electron chi connectivity index (χ3n) is 3.02. The molecule has 1 aromatic carbocycles. The highest BCUT2D eigenvalue weighted by Crippen LogP contribution is 2.25. The molecule has 106 valence electrons. The van der Waals surface area contributed by atoms with Gasteiger partial charge < -0.3 is 4.57 Å². The molecule has 3 rings (SSSR count). The van der Waals surface area contributed by atoms with Crippen molar-refractivity contribution in [3.05, 3.63) is 69.7 Å². The van der Waals surface area contributed by atoms with Crippen LogP contribution in [0.15, 0.2) is 48.9 Å². The lowest BCUT2D eigenvalue weighted by molar-refractivity contribution is 0.807. The summed E-state index contributed by atoms with van der Waals surface area (Å²) in [4.78, 5) is 8.45. The van der Waals surface area contributed by atoms with Crippen molar-refractivity contribution < 1.29 is 0 Å². The molecule has 0 aliphatic rings. The van der Waals surface area contributed by atoms with Crippen LogP contribution in [0.2, 0.25) is 15.2 Å². The zero-order valence-corrected chi connectivity index (χ0v) is 13.1. The largest absolute Gasteiger partial charge is 0.325 e. The summed E-state index contributed by atoms with van der Waals surface area (Å²) < 4.78 is 1.93. The van der Waals surface area contributed by atoms with Crippen LogP contribution < -0.4 is 0 Å². The van der Waals surface area contributed by atoms with Crippen LogP contribution in [0.3, 0.4) is 0 Å². The Labute approximate surface area is 137 Å². The molecular formula is C15H10Cl3N3. The lowest BCUT2D eigenvalue weighted by Gasteiger charge is -2.09. The number of nitrogens with zero attached hydrogens (tertiary/aromatic N) is 3. The molecule has 0 radical (unpaired) electrons. The van der Waals surface area contributed by atoms with Gasteiger partial charge in [0.1, 0.15) is 11.0 Å². The summed E-state index contributed by atoms with van der Waals surface area (Å²) in [7, 11) is 0. The number of hydrogen-bond acceptors (Lipinski definition) is 2. The molecular weight excluding hydrogens is 329 g/mol.